The van der Waals surface area contributed by atoms with Crippen LogP contribution in [0.25, 0.3) is 0 Å². The standard InChI is InChI=1S/C18H14F6O/c1-2-15(25)16(11-5-3-7-13(9-11)17(19,20)21)12-6-4-8-14(10-12)18(22,23)24/h3-10,16H,2H2,1H3. The highest BCUT2D eigenvalue weighted by Gasteiger charge is 2.34. The summed E-state index contributed by atoms with van der Waals surface area (Å²) in [6, 6.07) is 8.22. The minimum absolute atomic E-state index is 0.0148. The Kier molecular flexibility index (Phi) is 5.25. The van der Waals surface area contributed by atoms with Crippen LogP contribution in [0.2, 0.25) is 0 Å². The summed E-state index contributed by atoms with van der Waals surface area (Å²) in [7, 11) is 0. The number of hydrogen-bond donors (Lipinski definition) is 0. The minimum atomic E-state index is -4.61. The molecule has 0 heterocycles. The summed E-state index contributed by atoms with van der Waals surface area (Å²) in [5.41, 5.74) is -1.88. The lowest BCUT2D eigenvalue weighted by Crippen LogP contribution is -2.16. The van der Waals surface area contributed by atoms with Gasteiger partial charge in [0, 0.05) is 6.42 Å². The van der Waals surface area contributed by atoms with Crippen LogP contribution in [0.4, 0.5) is 26.3 Å². The van der Waals surface area contributed by atoms with Crippen molar-refractivity contribution in [3.63, 3.8) is 0 Å². The summed E-state index contributed by atoms with van der Waals surface area (Å²) in [5, 5.41) is 0. The van der Waals surface area contributed by atoms with Crippen LogP contribution in [0.3, 0.4) is 0 Å². The third-order valence-electron chi connectivity index (χ3n) is 3.77. The molecule has 0 aliphatic rings. The van der Waals surface area contributed by atoms with Gasteiger partial charge in [-0.25, -0.2) is 0 Å². The number of hydrogen-bond acceptors (Lipinski definition) is 1. The van der Waals surface area contributed by atoms with Crippen LogP contribution in [-0.4, -0.2) is 5.78 Å². The Morgan fingerprint density at radius 2 is 1.24 bits per heavy atom. The van der Waals surface area contributed by atoms with Crippen molar-refractivity contribution >= 4 is 5.78 Å². The predicted octanol–water partition coefficient (Wildman–Crippen LogP) is 5.84. The fourth-order valence-electron chi connectivity index (χ4n) is 2.56. The van der Waals surface area contributed by atoms with Crippen molar-refractivity contribution in [2.75, 3.05) is 0 Å². The van der Waals surface area contributed by atoms with Gasteiger partial charge in [0.25, 0.3) is 0 Å². The van der Waals surface area contributed by atoms with Gasteiger partial charge in [0.05, 0.1) is 17.0 Å². The first-order valence-corrected chi connectivity index (χ1v) is 7.41. The Balaban J connectivity index is 2.57. The predicted molar refractivity (Wildman–Crippen MR) is 80.0 cm³/mol. The second-order valence-electron chi connectivity index (χ2n) is 5.50. The van der Waals surface area contributed by atoms with Crippen LogP contribution in [0.15, 0.2) is 48.5 Å². The molecule has 0 aliphatic heterocycles. The van der Waals surface area contributed by atoms with E-state index in [0.717, 1.165) is 36.4 Å². The number of halogens is 6. The van der Waals surface area contributed by atoms with E-state index in [1.807, 2.05) is 0 Å². The molecule has 0 atom stereocenters. The Hall–Kier alpha value is -2.31. The molecule has 0 aromatic heterocycles. The van der Waals surface area contributed by atoms with E-state index in [4.69, 9.17) is 0 Å². The molecule has 0 amide bonds. The van der Waals surface area contributed by atoms with Gasteiger partial charge in [0.2, 0.25) is 0 Å². The minimum Gasteiger partial charge on any atom is -0.299 e. The summed E-state index contributed by atoms with van der Waals surface area (Å²) in [6.07, 6.45) is -9.23. The van der Waals surface area contributed by atoms with Crippen molar-refractivity contribution in [1.82, 2.24) is 0 Å². The van der Waals surface area contributed by atoms with Crippen molar-refractivity contribution in [3.05, 3.63) is 70.8 Å². The molecule has 0 spiro atoms. The maximum Gasteiger partial charge on any atom is 0.416 e. The fourth-order valence-corrected chi connectivity index (χ4v) is 2.56. The summed E-state index contributed by atoms with van der Waals surface area (Å²) in [6.45, 7) is 1.51. The first kappa shape index (κ1) is 19.0. The maximum atomic E-state index is 12.9. The highest BCUT2D eigenvalue weighted by molar-refractivity contribution is 5.88. The molecule has 0 radical (unpaired) electrons. The van der Waals surface area contributed by atoms with Crippen molar-refractivity contribution in [2.45, 2.75) is 31.6 Å². The lowest BCUT2D eigenvalue weighted by molar-refractivity contribution is -0.138. The zero-order valence-corrected chi connectivity index (χ0v) is 13.1. The van der Waals surface area contributed by atoms with Gasteiger partial charge in [-0.3, -0.25) is 4.79 Å². The normalized spacial score (nSPS) is 12.5. The molecule has 2 rings (SSSR count). The molecule has 0 saturated carbocycles. The molecule has 0 unspecified atom stereocenters. The van der Waals surface area contributed by atoms with Crippen molar-refractivity contribution in [2.24, 2.45) is 0 Å². The number of carbonyl (C=O) groups excluding carboxylic acids is 1. The van der Waals surface area contributed by atoms with Crippen LogP contribution in [-0.2, 0) is 17.1 Å². The topological polar surface area (TPSA) is 17.1 Å². The average Bonchev–Trinajstić information content (AvgIpc) is 2.54. The van der Waals surface area contributed by atoms with E-state index < -0.39 is 35.2 Å². The molecule has 2 aromatic carbocycles. The number of alkyl halides is 6. The van der Waals surface area contributed by atoms with E-state index in [9.17, 15) is 31.1 Å². The largest absolute Gasteiger partial charge is 0.416 e. The Morgan fingerprint density at radius 3 is 1.56 bits per heavy atom. The Bertz CT molecular complexity index is 703. The maximum absolute atomic E-state index is 12.9. The summed E-state index contributed by atoms with van der Waals surface area (Å²) in [4.78, 5) is 12.3. The number of carbonyl (C=O) groups is 1. The fraction of sp³-hybridized carbons (Fsp3) is 0.278. The van der Waals surface area contributed by atoms with Gasteiger partial charge >= 0.3 is 12.4 Å². The van der Waals surface area contributed by atoms with Gasteiger partial charge in [-0.05, 0) is 23.3 Å². The SMILES string of the molecule is CCC(=O)C(c1cccc(C(F)(F)F)c1)c1cccc(C(F)(F)F)c1. The van der Waals surface area contributed by atoms with Crippen LogP contribution < -0.4 is 0 Å². The highest BCUT2D eigenvalue weighted by Crippen LogP contribution is 2.36. The Morgan fingerprint density at radius 1 is 0.840 bits per heavy atom. The smallest absolute Gasteiger partial charge is 0.299 e. The van der Waals surface area contributed by atoms with E-state index >= 15 is 0 Å². The summed E-state index contributed by atoms with van der Waals surface area (Å²) in [5.74, 6) is -1.65. The lowest BCUT2D eigenvalue weighted by atomic mass is 9.85. The van der Waals surface area contributed by atoms with Crippen LogP contribution in [0.5, 0.6) is 0 Å². The molecular weight excluding hydrogens is 346 g/mol. The van der Waals surface area contributed by atoms with Gasteiger partial charge in [0.15, 0.2) is 0 Å². The molecule has 0 saturated heterocycles. The van der Waals surface area contributed by atoms with Crippen molar-refractivity contribution in [1.29, 1.82) is 0 Å². The highest BCUT2D eigenvalue weighted by atomic mass is 19.4. The first-order valence-electron chi connectivity index (χ1n) is 7.41. The van der Waals surface area contributed by atoms with Crippen molar-refractivity contribution in [3.8, 4) is 0 Å². The zero-order valence-electron chi connectivity index (χ0n) is 13.1. The molecular formula is C18H14F6O. The van der Waals surface area contributed by atoms with E-state index in [0.29, 0.717) is 0 Å². The molecule has 25 heavy (non-hydrogen) atoms. The molecule has 7 heteroatoms. The molecule has 0 aliphatic carbocycles. The van der Waals surface area contributed by atoms with E-state index in [-0.39, 0.29) is 17.5 Å². The van der Waals surface area contributed by atoms with Gasteiger partial charge in [-0.2, -0.15) is 26.3 Å². The van der Waals surface area contributed by atoms with Crippen molar-refractivity contribution < 1.29 is 31.1 Å². The second kappa shape index (κ2) is 6.90. The van der Waals surface area contributed by atoms with Gasteiger partial charge in [0.1, 0.15) is 5.78 Å². The number of Topliss-reactive ketones (excluding diaryl/α,β-unsaturated/α-hetero) is 1. The summed E-state index contributed by atoms with van der Waals surface area (Å²) >= 11 is 0. The number of benzene rings is 2. The van der Waals surface area contributed by atoms with E-state index in [1.165, 1.54) is 19.1 Å². The Labute approximate surface area is 140 Å². The van der Waals surface area contributed by atoms with Gasteiger partial charge < -0.3 is 0 Å². The molecule has 1 nitrogen and oxygen atoms in total. The van der Waals surface area contributed by atoms with E-state index in [2.05, 4.69) is 0 Å². The monoisotopic (exact) mass is 360 g/mol. The zero-order chi connectivity index (χ0) is 18.8. The quantitative estimate of drug-likeness (QED) is 0.627. The number of rotatable bonds is 4. The molecule has 0 bridgehead atoms. The average molecular weight is 360 g/mol. The summed E-state index contributed by atoms with van der Waals surface area (Å²) < 4.78 is 77.4. The number of ketones is 1. The molecule has 0 N–H and O–H groups in total. The molecule has 0 fully saturated rings. The van der Waals surface area contributed by atoms with Crippen LogP contribution in [0, 0.1) is 0 Å². The van der Waals surface area contributed by atoms with Crippen LogP contribution >= 0.6 is 0 Å². The molecule has 134 valence electrons. The lowest BCUT2D eigenvalue weighted by Gasteiger charge is -2.19. The first-order chi connectivity index (χ1) is 11.5. The molecule has 2 aromatic rings. The second-order valence-corrected chi connectivity index (χ2v) is 5.50. The third-order valence-corrected chi connectivity index (χ3v) is 3.77. The third kappa shape index (κ3) is 4.41. The van der Waals surface area contributed by atoms with E-state index in [1.54, 1.807) is 0 Å². The van der Waals surface area contributed by atoms with Gasteiger partial charge in [-0.1, -0.05) is 43.3 Å². The van der Waals surface area contributed by atoms with Crippen LogP contribution in [0.1, 0.15) is 41.5 Å². The van der Waals surface area contributed by atoms with Gasteiger partial charge in [-0.15, -0.1) is 0 Å².